The van der Waals surface area contributed by atoms with Crippen molar-refractivity contribution in [3.63, 3.8) is 0 Å². The molecule has 0 aliphatic carbocycles. The van der Waals surface area contributed by atoms with Gasteiger partial charge in [-0.2, -0.15) is 0 Å². The van der Waals surface area contributed by atoms with Crippen LogP contribution < -0.4 is 5.32 Å². The van der Waals surface area contributed by atoms with Gasteiger partial charge in [0.1, 0.15) is 0 Å². The van der Waals surface area contributed by atoms with E-state index in [2.05, 4.69) is 9.84 Å². The van der Waals surface area contributed by atoms with Gasteiger partial charge in [0.2, 0.25) is 5.91 Å². The van der Waals surface area contributed by atoms with Crippen molar-refractivity contribution >= 4 is 21.3 Å². The first-order valence-electron chi connectivity index (χ1n) is 5.37. The fraction of sp³-hybridized carbons (Fsp3) is 0.333. The van der Waals surface area contributed by atoms with Crippen molar-refractivity contribution in [3.05, 3.63) is 35.9 Å². The summed E-state index contributed by atoms with van der Waals surface area (Å²) in [5.74, 6) is -0.668. The predicted molar refractivity (Wildman–Crippen MR) is 68.3 cm³/mol. The Hall–Kier alpha value is -1.41. The first-order valence-corrected chi connectivity index (χ1v) is 5.84. The Morgan fingerprint density at radius 1 is 1.35 bits per heavy atom. The topological polar surface area (TPSA) is 55.4 Å². The fourth-order valence-corrected chi connectivity index (χ4v) is 1.51. The molecule has 17 heavy (non-hydrogen) atoms. The van der Waals surface area contributed by atoms with E-state index >= 15 is 0 Å². The van der Waals surface area contributed by atoms with Gasteiger partial charge in [-0.25, -0.2) is 0 Å². The van der Waals surface area contributed by atoms with Gasteiger partial charge >= 0.3 is 5.97 Å². The molecule has 0 spiro atoms. The molecule has 5 heteroatoms. The number of carbonyl (C=O) groups is 2. The van der Waals surface area contributed by atoms with Crippen molar-refractivity contribution < 1.29 is 14.1 Å². The van der Waals surface area contributed by atoms with E-state index in [-0.39, 0.29) is 24.2 Å². The Bertz CT molecular complexity index is 381. The lowest BCUT2D eigenvalue weighted by atomic mass is 10.0. The molecule has 0 aromatic heterocycles. The third-order valence-corrected chi connectivity index (χ3v) is 2.72. The first kappa shape index (κ1) is 13.7. The van der Waals surface area contributed by atoms with Crippen LogP contribution in [0.1, 0.15) is 24.8 Å². The molecule has 1 rings (SSSR count). The number of hydrogen-bond donors (Lipinski definition) is 1. The van der Waals surface area contributed by atoms with Gasteiger partial charge in [0.25, 0.3) is 0 Å². The van der Waals surface area contributed by atoms with Gasteiger partial charge < -0.3 is 9.84 Å². The van der Waals surface area contributed by atoms with Crippen molar-refractivity contribution in [1.29, 1.82) is 0 Å². The second-order valence-electron chi connectivity index (χ2n) is 3.66. The zero-order chi connectivity index (χ0) is 12.7. The van der Waals surface area contributed by atoms with Crippen LogP contribution in [0, 0.1) is 0 Å². The lowest BCUT2D eigenvalue weighted by Crippen LogP contribution is -2.30. The Kier molecular flexibility index (Phi) is 5.64. The summed E-state index contributed by atoms with van der Waals surface area (Å²) < 4.78 is 4.40. The van der Waals surface area contributed by atoms with Crippen molar-refractivity contribution in [2.75, 3.05) is 6.54 Å². The molecule has 0 fully saturated rings. The van der Waals surface area contributed by atoms with Gasteiger partial charge in [0.05, 0.1) is 21.8 Å². The van der Waals surface area contributed by atoms with Gasteiger partial charge in [-0.05, 0) is 12.5 Å². The average Bonchev–Trinajstić information content (AvgIpc) is 2.38. The third kappa shape index (κ3) is 4.53. The highest BCUT2D eigenvalue weighted by Gasteiger charge is 2.14. The summed E-state index contributed by atoms with van der Waals surface area (Å²) in [7, 11) is 1.89. The minimum absolute atomic E-state index is 0.0900. The Labute approximate surface area is 103 Å². The highest BCUT2D eigenvalue weighted by Crippen LogP contribution is 2.14. The number of rotatable bonds is 5. The maximum absolute atomic E-state index is 11.7. The molecular formula is C12H16NO3P. The summed E-state index contributed by atoms with van der Waals surface area (Å²) >= 11 is 0. The molecule has 0 saturated carbocycles. The summed E-state index contributed by atoms with van der Waals surface area (Å²) in [4.78, 5) is 22.6. The van der Waals surface area contributed by atoms with Crippen LogP contribution in [0.2, 0.25) is 0 Å². The van der Waals surface area contributed by atoms with Crippen LogP contribution in [-0.2, 0) is 14.1 Å². The predicted octanol–water partition coefficient (Wildman–Crippen LogP) is 1.63. The molecule has 0 aliphatic heterocycles. The van der Waals surface area contributed by atoms with Gasteiger partial charge in [0.15, 0.2) is 0 Å². The molecule has 1 amide bonds. The molecule has 1 N–H and O–H groups in total. The van der Waals surface area contributed by atoms with Gasteiger partial charge in [-0.3, -0.25) is 9.59 Å². The van der Waals surface area contributed by atoms with E-state index in [4.69, 9.17) is 0 Å². The minimum atomic E-state index is -0.359. The van der Waals surface area contributed by atoms with Crippen molar-refractivity contribution in [2.24, 2.45) is 0 Å². The maximum atomic E-state index is 11.7. The molecule has 1 aromatic carbocycles. The molecule has 0 aliphatic rings. The van der Waals surface area contributed by atoms with Crippen LogP contribution in [0.4, 0.5) is 0 Å². The van der Waals surface area contributed by atoms with Gasteiger partial charge in [-0.15, -0.1) is 0 Å². The summed E-state index contributed by atoms with van der Waals surface area (Å²) in [6.45, 7) is 2.13. The van der Waals surface area contributed by atoms with Crippen LogP contribution >= 0.6 is 9.47 Å². The molecule has 0 heterocycles. The van der Waals surface area contributed by atoms with E-state index < -0.39 is 0 Å². The van der Waals surface area contributed by atoms with Crippen LogP contribution in [0.5, 0.6) is 0 Å². The van der Waals surface area contributed by atoms with Crippen LogP contribution in [0.25, 0.3) is 0 Å². The number of benzene rings is 1. The summed E-state index contributed by atoms with van der Waals surface area (Å²) in [5.41, 5.74) is 0.957. The normalized spacial score (nSPS) is 11.6. The number of carbonyl (C=O) groups excluding carboxylic acids is 2. The van der Waals surface area contributed by atoms with E-state index in [0.717, 1.165) is 5.56 Å². The largest absolute Gasteiger partial charge is 0.451 e. The molecule has 0 bridgehead atoms. The Morgan fingerprint density at radius 3 is 2.59 bits per heavy atom. The van der Waals surface area contributed by atoms with E-state index in [9.17, 15) is 9.59 Å². The second-order valence-corrected chi connectivity index (χ2v) is 3.90. The molecule has 0 saturated heterocycles. The standard InChI is InChI=1S/C12H16NO3P/c1-9(10-5-3-2-4-6-10)12(15)13-8-7-11(14)16-17/h2-6,9H,7-8,17H2,1H3,(H,13,15)/t9-/m0/s1. The number of hydrogen-bond acceptors (Lipinski definition) is 3. The molecular weight excluding hydrogens is 237 g/mol. The molecule has 4 nitrogen and oxygen atoms in total. The SMILES string of the molecule is C[C@H](C(=O)NCCC(=O)OP)c1ccccc1. The molecule has 92 valence electrons. The highest BCUT2D eigenvalue weighted by molar-refractivity contribution is 7.10. The highest BCUT2D eigenvalue weighted by atomic mass is 31.0. The zero-order valence-corrected chi connectivity index (χ0v) is 10.8. The van der Waals surface area contributed by atoms with E-state index in [1.54, 1.807) is 0 Å². The first-order chi connectivity index (χ1) is 8.15. The third-order valence-electron chi connectivity index (χ3n) is 2.45. The Balaban J connectivity index is 2.40. The summed E-state index contributed by atoms with van der Waals surface area (Å²) in [6, 6.07) is 9.50. The second kappa shape index (κ2) is 7.02. The Morgan fingerprint density at radius 2 is 2.00 bits per heavy atom. The monoisotopic (exact) mass is 253 g/mol. The molecule has 2 atom stereocenters. The quantitative estimate of drug-likeness (QED) is 0.811. The summed E-state index contributed by atoms with van der Waals surface area (Å²) in [5, 5.41) is 2.70. The number of amides is 1. The lowest BCUT2D eigenvalue weighted by molar-refractivity contribution is -0.133. The van der Waals surface area contributed by atoms with Crippen molar-refractivity contribution in [3.8, 4) is 0 Å². The van der Waals surface area contributed by atoms with Crippen LogP contribution in [-0.4, -0.2) is 18.4 Å². The average molecular weight is 253 g/mol. The summed E-state index contributed by atoms with van der Waals surface area (Å²) in [6.07, 6.45) is 0.177. The fourth-order valence-electron chi connectivity index (χ4n) is 1.39. The zero-order valence-electron chi connectivity index (χ0n) is 9.68. The van der Waals surface area contributed by atoms with Gasteiger partial charge in [0, 0.05) is 6.54 Å². The lowest BCUT2D eigenvalue weighted by Gasteiger charge is -2.11. The smallest absolute Gasteiger partial charge is 0.309 e. The van der Waals surface area contributed by atoms with Crippen LogP contribution in [0.3, 0.4) is 0 Å². The van der Waals surface area contributed by atoms with Crippen molar-refractivity contribution in [2.45, 2.75) is 19.3 Å². The van der Waals surface area contributed by atoms with Crippen molar-refractivity contribution in [1.82, 2.24) is 5.32 Å². The maximum Gasteiger partial charge on any atom is 0.309 e. The number of nitrogens with one attached hydrogen (secondary N) is 1. The minimum Gasteiger partial charge on any atom is -0.451 e. The molecule has 1 unspecified atom stereocenters. The van der Waals surface area contributed by atoms with E-state index in [0.29, 0.717) is 6.54 Å². The van der Waals surface area contributed by atoms with E-state index in [1.165, 1.54) is 0 Å². The van der Waals surface area contributed by atoms with Crippen LogP contribution in [0.15, 0.2) is 30.3 Å². The van der Waals surface area contributed by atoms with E-state index in [1.807, 2.05) is 46.7 Å². The molecule has 0 radical (unpaired) electrons. The molecule has 1 aromatic rings. The van der Waals surface area contributed by atoms with Gasteiger partial charge in [-0.1, -0.05) is 30.3 Å².